The van der Waals surface area contributed by atoms with Crippen molar-refractivity contribution in [3.63, 3.8) is 0 Å². The van der Waals surface area contributed by atoms with E-state index < -0.39 is 0 Å². The molecule has 1 heterocycles. The zero-order valence-corrected chi connectivity index (χ0v) is 10.6. The quantitative estimate of drug-likeness (QED) is 0.725. The molecule has 0 atom stereocenters. The van der Waals surface area contributed by atoms with Gasteiger partial charge in [0.05, 0.1) is 12.7 Å². The van der Waals surface area contributed by atoms with Crippen LogP contribution in [0.15, 0.2) is 12.1 Å². The molecule has 17 heavy (non-hydrogen) atoms. The third kappa shape index (κ3) is 1.81. The lowest BCUT2D eigenvalue weighted by molar-refractivity contribution is 0.418. The highest BCUT2D eigenvalue weighted by Gasteiger charge is 2.13. The summed E-state index contributed by atoms with van der Waals surface area (Å²) in [5.74, 6) is 0.675. The average molecular weight is 247 g/mol. The van der Waals surface area contributed by atoms with Gasteiger partial charge in [-0.3, -0.25) is 0 Å². The largest absolute Gasteiger partial charge is 0.494 e. The first kappa shape index (κ1) is 11.7. The first-order valence-electron chi connectivity index (χ1n) is 5.13. The van der Waals surface area contributed by atoms with Crippen molar-refractivity contribution in [1.29, 1.82) is 5.26 Å². The van der Waals surface area contributed by atoms with Crippen molar-refractivity contribution >= 4 is 22.5 Å². The molecule has 0 radical (unpaired) electrons. The Labute approximate surface area is 105 Å². The van der Waals surface area contributed by atoms with E-state index in [1.165, 1.54) is 0 Å². The number of fused-ring (bicyclic) bond motifs is 1. The number of halogens is 1. The molecule has 0 fully saturated rings. The number of nitrogens with zero attached hydrogens (tertiary/aromatic N) is 2. The topological polar surface area (TPSA) is 45.9 Å². The van der Waals surface area contributed by atoms with E-state index in [-0.39, 0.29) is 5.15 Å². The van der Waals surface area contributed by atoms with Gasteiger partial charge in [-0.05, 0) is 37.1 Å². The summed E-state index contributed by atoms with van der Waals surface area (Å²) >= 11 is 5.99. The Balaban J connectivity index is 2.97. The molecule has 0 amide bonds. The first-order valence-corrected chi connectivity index (χ1v) is 5.50. The fraction of sp³-hybridized carbons (Fsp3) is 0.231. The number of rotatable bonds is 1. The van der Waals surface area contributed by atoms with Crippen molar-refractivity contribution in [3.8, 4) is 11.8 Å². The summed E-state index contributed by atoms with van der Waals surface area (Å²) in [6.45, 7) is 3.84. The Morgan fingerprint density at radius 1 is 1.35 bits per heavy atom. The molecule has 0 aliphatic heterocycles. The second-order valence-electron chi connectivity index (χ2n) is 3.88. The van der Waals surface area contributed by atoms with Crippen LogP contribution in [0.4, 0.5) is 0 Å². The Morgan fingerprint density at radius 3 is 2.65 bits per heavy atom. The van der Waals surface area contributed by atoms with Gasteiger partial charge < -0.3 is 4.74 Å². The summed E-state index contributed by atoms with van der Waals surface area (Å²) < 4.78 is 5.29. The maximum atomic E-state index is 9.05. The molecule has 2 aromatic rings. The van der Waals surface area contributed by atoms with E-state index in [2.05, 4.69) is 11.1 Å². The number of methoxy groups -OCH3 is 1. The number of hydrogen-bond acceptors (Lipinski definition) is 3. The second kappa shape index (κ2) is 4.23. The number of nitriles is 1. The van der Waals surface area contributed by atoms with Crippen molar-refractivity contribution in [2.45, 2.75) is 13.8 Å². The van der Waals surface area contributed by atoms with Crippen LogP contribution in [-0.2, 0) is 0 Å². The van der Waals surface area contributed by atoms with Crippen molar-refractivity contribution < 1.29 is 4.74 Å². The molecular weight excluding hydrogens is 236 g/mol. The minimum absolute atomic E-state index is 0.222. The lowest BCUT2D eigenvalue weighted by Gasteiger charge is -2.10. The van der Waals surface area contributed by atoms with E-state index in [4.69, 9.17) is 21.6 Å². The number of ether oxygens (including phenoxy) is 1. The van der Waals surface area contributed by atoms with Gasteiger partial charge in [-0.25, -0.2) is 4.98 Å². The maximum absolute atomic E-state index is 9.05. The lowest BCUT2D eigenvalue weighted by Crippen LogP contribution is -1.95. The van der Waals surface area contributed by atoms with Crippen LogP contribution in [0.3, 0.4) is 0 Å². The van der Waals surface area contributed by atoms with Crippen molar-refractivity contribution in [2.75, 3.05) is 7.11 Å². The van der Waals surface area contributed by atoms with E-state index in [9.17, 15) is 0 Å². The van der Waals surface area contributed by atoms with Gasteiger partial charge in [-0.1, -0.05) is 11.6 Å². The molecule has 2 rings (SSSR count). The van der Waals surface area contributed by atoms with E-state index in [0.717, 1.165) is 16.5 Å². The molecule has 0 aliphatic carbocycles. The molecule has 86 valence electrons. The summed E-state index contributed by atoms with van der Waals surface area (Å²) in [5.41, 5.74) is 3.02. The smallest absolute Gasteiger partial charge is 0.147 e. The zero-order chi connectivity index (χ0) is 12.6. The average Bonchev–Trinajstić information content (AvgIpc) is 2.30. The molecule has 0 saturated heterocycles. The minimum Gasteiger partial charge on any atom is -0.494 e. The predicted octanol–water partition coefficient (Wildman–Crippen LogP) is 3.39. The van der Waals surface area contributed by atoms with Crippen molar-refractivity contribution in [2.24, 2.45) is 0 Å². The van der Waals surface area contributed by atoms with E-state index in [0.29, 0.717) is 16.8 Å². The highest BCUT2D eigenvalue weighted by molar-refractivity contribution is 6.31. The van der Waals surface area contributed by atoms with Crippen LogP contribution in [0.1, 0.15) is 16.7 Å². The fourth-order valence-corrected chi connectivity index (χ4v) is 2.14. The molecule has 1 aromatic heterocycles. The number of hydrogen-bond donors (Lipinski definition) is 0. The lowest BCUT2D eigenvalue weighted by atomic mass is 10.0. The highest BCUT2D eigenvalue weighted by atomic mass is 35.5. The van der Waals surface area contributed by atoms with E-state index in [1.807, 2.05) is 26.0 Å². The molecule has 1 aromatic carbocycles. The monoisotopic (exact) mass is 246 g/mol. The Morgan fingerprint density at radius 2 is 2.06 bits per heavy atom. The van der Waals surface area contributed by atoms with Gasteiger partial charge in [0, 0.05) is 5.39 Å². The van der Waals surface area contributed by atoms with Crippen LogP contribution in [0, 0.1) is 25.2 Å². The van der Waals surface area contributed by atoms with Gasteiger partial charge in [0.1, 0.15) is 22.5 Å². The van der Waals surface area contributed by atoms with Crippen LogP contribution in [0.5, 0.6) is 5.75 Å². The van der Waals surface area contributed by atoms with Gasteiger partial charge in [0.15, 0.2) is 0 Å². The standard InChI is InChI=1S/C13H11ClN2O/c1-7-4-9-8(2)10(6-15)13(14)16-12(9)11(5-7)17-3/h4-5H,1-3H3. The molecular formula is C13H11ClN2O. The Hall–Kier alpha value is -1.79. The third-order valence-corrected chi connectivity index (χ3v) is 3.02. The molecule has 3 nitrogen and oxygen atoms in total. The predicted molar refractivity (Wildman–Crippen MR) is 67.5 cm³/mol. The molecule has 4 heteroatoms. The zero-order valence-electron chi connectivity index (χ0n) is 9.84. The van der Waals surface area contributed by atoms with Crippen molar-refractivity contribution in [1.82, 2.24) is 4.98 Å². The number of benzene rings is 1. The van der Waals surface area contributed by atoms with Gasteiger partial charge in [-0.15, -0.1) is 0 Å². The summed E-state index contributed by atoms with van der Waals surface area (Å²) in [6, 6.07) is 5.96. The summed E-state index contributed by atoms with van der Waals surface area (Å²) in [7, 11) is 1.59. The Bertz CT molecular complexity index is 644. The summed E-state index contributed by atoms with van der Waals surface area (Å²) in [5, 5.41) is 10.2. The van der Waals surface area contributed by atoms with E-state index >= 15 is 0 Å². The maximum Gasteiger partial charge on any atom is 0.147 e. The van der Waals surface area contributed by atoms with Crippen LogP contribution >= 0.6 is 11.6 Å². The second-order valence-corrected chi connectivity index (χ2v) is 4.24. The molecule has 0 bridgehead atoms. The first-order chi connectivity index (χ1) is 8.08. The van der Waals surface area contributed by atoms with Gasteiger partial charge in [-0.2, -0.15) is 5.26 Å². The van der Waals surface area contributed by atoms with Crippen LogP contribution < -0.4 is 4.74 Å². The normalized spacial score (nSPS) is 10.3. The molecule has 0 spiro atoms. The van der Waals surface area contributed by atoms with Gasteiger partial charge in [0.2, 0.25) is 0 Å². The molecule has 0 unspecified atom stereocenters. The number of pyridine rings is 1. The SMILES string of the molecule is COc1cc(C)cc2c(C)c(C#N)c(Cl)nc12. The molecule has 0 aliphatic rings. The van der Waals surface area contributed by atoms with E-state index in [1.54, 1.807) is 7.11 Å². The fourth-order valence-electron chi connectivity index (χ4n) is 1.88. The molecule has 0 N–H and O–H groups in total. The Kier molecular flexibility index (Phi) is 2.91. The van der Waals surface area contributed by atoms with Crippen molar-refractivity contribution in [3.05, 3.63) is 34.0 Å². The number of aryl methyl sites for hydroxylation is 2. The van der Waals surface area contributed by atoms with Crippen LogP contribution in [-0.4, -0.2) is 12.1 Å². The minimum atomic E-state index is 0.222. The van der Waals surface area contributed by atoms with Gasteiger partial charge in [0.25, 0.3) is 0 Å². The van der Waals surface area contributed by atoms with Gasteiger partial charge >= 0.3 is 0 Å². The van der Waals surface area contributed by atoms with Crippen LogP contribution in [0.25, 0.3) is 10.9 Å². The molecule has 0 saturated carbocycles. The highest BCUT2D eigenvalue weighted by Crippen LogP contribution is 2.32. The summed E-state index contributed by atoms with van der Waals surface area (Å²) in [6.07, 6.45) is 0. The van der Waals surface area contributed by atoms with Crippen LogP contribution in [0.2, 0.25) is 5.15 Å². The number of aromatic nitrogens is 1. The third-order valence-electron chi connectivity index (χ3n) is 2.75. The summed E-state index contributed by atoms with van der Waals surface area (Å²) in [4.78, 5) is 4.24.